The lowest BCUT2D eigenvalue weighted by atomic mass is 9.95. The molecule has 1 N–H and O–H groups in total. The van der Waals surface area contributed by atoms with Gasteiger partial charge in [0.25, 0.3) is 5.66 Å². The second-order valence-corrected chi connectivity index (χ2v) is 8.65. The Morgan fingerprint density at radius 2 is 1.83 bits per heavy atom. The average molecular weight is 439 g/mol. The first-order chi connectivity index (χ1) is 11.0. The van der Waals surface area contributed by atoms with Crippen molar-refractivity contribution in [1.29, 1.82) is 0 Å². The van der Waals surface area contributed by atoms with Crippen LogP contribution in [0.1, 0.15) is 40.2 Å². The molecule has 1 amide bonds. The molecule has 1 heterocycles. The second-order valence-electron chi connectivity index (χ2n) is 5.67. The molecule has 8 heteroatoms. The van der Waals surface area contributed by atoms with Crippen molar-refractivity contribution in [1.82, 2.24) is 5.32 Å². The summed E-state index contributed by atoms with van der Waals surface area (Å²) < 4.78 is 26.3. The van der Waals surface area contributed by atoms with E-state index in [9.17, 15) is 13.6 Å². The van der Waals surface area contributed by atoms with E-state index in [4.69, 9.17) is 0 Å². The van der Waals surface area contributed by atoms with Crippen molar-refractivity contribution >= 4 is 48.0 Å². The maximum Gasteiger partial charge on any atom is 0.282 e. The van der Waals surface area contributed by atoms with Crippen LogP contribution in [0.15, 0.2) is 33.7 Å². The first kappa shape index (κ1) is 21.5. The molecular formula is C16H22BrF2N2OPS. The van der Waals surface area contributed by atoms with E-state index in [1.807, 2.05) is 52.0 Å². The number of alkyl halides is 2. The van der Waals surface area contributed by atoms with Crippen molar-refractivity contribution in [2.75, 3.05) is 0 Å². The summed E-state index contributed by atoms with van der Waals surface area (Å²) in [5, 5.41) is 2.67. The molecule has 2 atom stereocenters. The number of rotatable bonds is 3. The number of hydrogen-bond acceptors (Lipinski definition) is 3. The first-order valence-corrected chi connectivity index (χ1v) is 9.68. The third kappa shape index (κ3) is 4.36. The van der Waals surface area contributed by atoms with Crippen molar-refractivity contribution in [3.63, 3.8) is 0 Å². The second kappa shape index (κ2) is 7.79. The number of aliphatic imine (C=N–C) groups is 1. The molecule has 1 aromatic carbocycles. The van der Waals surface area contributed by atoms with Gasteiger partial charge in [-0.2, -0.15) is 0 Å². The number of amides is 1. The lowest BCUT2D eigenvalue weighted by molar-refractivity contribution is -0.125. The molecular weight excluding hydrogens is 417 g/mol. The molecule has 2 unspecified atom stereocenters. The van der Waals surface area contributed by atoms with Crippen LogP contribution in [0.25, 0.3) is 0 Å². The Balaban J connectivity index is 0.00000139. The molecule has 0 bridgehead atoms. The zero-order chi connectivity index (χ0) is 18.8. The highest BCUT2D eigenvalue weighted by Crippen LogP contribution is 2.48. The Morgan fingerprint density at radius 3 is 2.29 bits per heavy atom. The molecule has 134 valence electrons. The fourth-order valence-electron chi connectivity index (χ4n) is 2.02. The smallest absolute Gasteiger partial charge is 0.282 e. The maximum atomic E-state index is 13.7. The summed E-state index contributed by atoms with van der Waals surface area (Å²) in [6, 6.07) is 7.55. The monoisotopic (exact) mass is 438 g/mol. The molecule has 1 aliphatic rings. The largest absolute Gasteiger partial charge is 0.304 e. The fourth-order valence-corrected chi connectivity index (χ4v) is 4.19. The lowest BCUT2D eigenvalue weighted by Gasteiger charge is -2.26. The van der Waals surface area contributed by atoms with Gasteiger partial charge in [-0.05, 0) is 32.4 Å². The minimum atomic E-state index is -3.23. The summed E-state index contributed by atoms with van der Waals surface area (Å²) in [7, 11) is 1.43. The molecule has 1 aliphatic heterocycles. The summed E-state index contributed by atoms with van der Waals surface area (Å²) in [5.41, 5.74) is -2.99. The van der Waals surface area contributed by atoms with Crippen LogP contribution in [0.2, 0.25) is 0 Å². The predicted octanol–water partition coefficient (Wildman–Crippen LogP) is 5.16. The van der Waals surface area contributed by atoms with Crippen LogP contribution in [0.4, 0.5) is 8.78 Å². The van der Waals surface area contributed by atoms with Crippen LogP contribution in [0, 0.1) is 0 Å². The van der Waals surface area contributed by atoms with Gasteiger partial charge in [0, 0.05) is 4.47 Å². The molecule has 3 nitrogen and oxygen atoms in total. The predicted molar refractivity (Wildman–Crippen MR) is 105 cm³/mol. The number of carbonyl (C=O) groups excluding carboxylic acids is 1. The summed E-state index contributed by atoms with van der Waals surface area (Å²) in [6.07, 6.45) is 0. The van der Waals surface area contributed by atoms with Crippen LogP contribution in [-0.4, -0.2) is 21.5 Å². The van der Waals surface area contributed by atoms with Gasteiger partial charge < -0.3 is 5.32 Å². The van der Waals surface area contributed by atoms with Gasteiger partial charge in [-0.3, -0.25) is 9.79 Å². The quantitative estimate of drug-likeness (QED) is 0.662. The molecule has 0 radical (unpaired) electrons. The van der Waals surface area contributed by atoms with Gasteiger partial charge in [-0.25, -0.2) is 8.78 Å². The first-order valence-electron chi connectivity index (χ1n) is 7.49. The highest BCUT2D eigenvalue weighted by Gasteiger charge is 2.58. The van der Waals surface area contributed by atoms with E-state index in [-0.39, 0.29) is 5.17 Å². The Morgan fingerprint density at radius 1 is 1.29 bits per heavy atom. The summed E-state index contributed by atoms with van der Waals surface area (Å²) in [6.45, 7) is 8.94. The third-order valence-electron chi connectivity index (χ3n) is 3.50. The highest BCUT2D eigenvalue weighted by atomic mass is 79.9. The highest BCUT2D eigenvalue weighted by molar-refractivity contribution is 9.10. The normalized spacial score (nSPS) is 22.9. The van der Waals surface area contributed by atoms with Gasteiger partial charge in [0.1, 0.15) is 0 Å². The number of halogens is 3. The molecule has 2 rings (SSSR count). The summed E-state index contributed by atoms with van der Waals surface area (Å²) in [5.74, 6) is -0.737. The number of carbonyl (C=O) groups is 1. The zero-order valence-corrected chi connectivity index (χ0v) is 17.8. The van der Waals surface area contributed by atoms with Crippen LogP contribution in [-0.2, 0) is 10.3 Å². The SMILES string of the molecule is CC.CC(C)(N=C1NC(=O)C(C)(C(F)(F)P)S1)c1ccccc1Br. The van der Waals surface area contributed by atoms with E-state index >= 15 is 0 Å². The molecule has 24 heavy (non-hydrogen) atoms. The van der Waals surface area contributed by atoms with E-state index in [1.165, 1.54) is 16.2 Å². The molecule has 0 aliphatic carbocycles. The zero-order valence-electron chi connectivity index (χ0n) is 14.3. The average Bonchev–Trinajstić information content (AvgIpc) is 2.76. The van der Waals surface area contributed by atoms with Crippen LogP contribution >= 0.6 is 36.9 Å². The van der Waals surface area contributed by atoms with Crippen molar-refractivity contribution in [3.8, 4) is 0 Å². The van der Waals surface area contributed by atoms with Gasteiger partial charge in [-0.1, -0.05) is 69.0 Å². The Bertz CT molecular complexity index is 649. The lowest BCUT2D eigenvalue weighted by Crippen LogP contribution is -2.45. The molecule has 0 spiro atoms. The Hall–Kier alpha value is -0.520. The van der Waals surface area contributed by atoms with E-state index in [0.29, 0.717) is 0 Å². The van der Waals surface area contributed by atoms with Crippen molar-refractivity contribution in [3.05, 3.63) is 34.3 Å². The number of thioether (sulfide) groups is 1. The minimum Gasteiger partial charge on any atom is -0.304 e. The van der Waals surface area contributed by atoms with E-state index in [2.05, 4.69) is 26.2 Å². The number of hydrogen-bond donors (Lipinski definition) is 1. The fraction of sp³-hybridized carbons (Fsp3) is 0.500. The standard InChI is InChI=1S/C14H16BrF2N2OPS.C2H6/c1-12(2,8-6-4-5-7-9(8)15)19-11-18-10(20)13(3,22-11)14(16,17)21;1-2/h4-7H,21H2,1-3H3,(H,18,19,20);1-2H3. The van der Waals surface area contributed by atoms with E-state index in [1.54, 1.807) is 0 Å². The summed E-state index contributed by atoms with van der Waals surface area (Å²) >= 11 is 4.22. The van der Waals surface area contributed by atoms with Gasteiger partial charge in [0.15, 0.2) is 9.91 Å². The molecule has 1 fully saturated rings. The topological polar surface area (TPSA) is 41.5 Å². The van der Waals surface area contributed by atoms with Gasteiger partial charge in [0.2, 0.25) is 5.91 Å². The van der Waals surface area contributed by atoms with Crippen LogP contribution in [0.5, 0.6) is 0 Å². The molecule has 0 saturated carbocycles. The summed E-state index contributed by atoms with van der Waals surface area (Å²) in [4.78, 5) is 16.4. The number of benzene rings is 1. The minimum absolute atomic E-state index is 0.204. The van der Waals surface area contributed by atoms with E-state index < -0.39 is 21.9 Å². The molecule has 1 saturated heterocycles. The van der Waals surface area contributed by atoms with E-state index in [0.717, 1.165) is 21.8 Å². The van der Waals surface area contributed by atoms with Crippen molar-refractivity contribution in [2.24, 2.45) is 4.99 Å². The Labute approximate surface area is 156 Å². The molecule has 0 aromatic heterocycles. The van der Waals surface area contributed by atoms with Crippen molar-refractivity contribution in [2.45, 2.75) is 50.6 Å². The third-order valence-corrected chi connectivity index (χ3v) is 6.24. The van der Waals surface area contributed by atoms with Crippen LogP contribution in [0.3, 0.4) is 0 Å². The van der Waals surface area contributed by atoms with Gasteiger partial charge in [-0.15, -0.1) is 0 Å². The van der Waals surface area contributed by atoms with Crippen LogP contribution < -0.4 is 5.32 Å². The molecule has 1 aromatic rings. The number of nitrogens with one attached hydrogen (secondary N) is 1. The van der Waals surface area contributed by atoms with Gasteiger partial charge in [0.05, 0.1) is 5.54 Å². The number of nitrogens with zero attached hydrogens (tertiary/aromatic N) is 1. The van der Waals surface area contributed by atoms with Crippen molar-refractivity contribution < 1.29 is 13.6 Å². The Kier molecular flexibility index (Phi) is 6.99. The van der Waals surface area contributed by atoms with Gasteiger partial charge >= 0.3 is 0 Å². The number of amidine groups is 1. The maximum absolute atomic E-state index is 13.7.